The van der Waals surface area contributed by atoms with Crippen LogP contribution in [0.25, 0.3) is 0 Å². The number of aryl methyl sites for hydroxylation is 1. The first kappa shape index (κ1) is 28.6. The van der Waals surface area contributed by atoms with Crippen molar-refractivity contribution in [3.05, 3.63) is 53.1 Å². The second kappa shape index (κ2) is 13.4. The summed E-state index contributed by atoms with van der Waals surface area (Å²) in [6.45, 7) is 5.55. The summed E-state index contributed by atoms with van der Waals surface area (Å²) in [7, 11) is 1.51. The Morgan fingerprint density at radius 3 is 2.49 bits per heavy atom. The Balaban J connectivity index is 2.06. The lowest BCUT2D eigenvalue weighted by atomic mass is 10.0. The van der Waals surface area contributed by atoms with Crippen molar-refractivity contribution in [2.24, 2.45) is 0 Å². The lowest BCUT2D eigenvalue weighted by Gasteiger charge is -2.20. The molecular weight excluding hydrogens is 589 g/mol. The molecule has 2 rings (SSSR count). The summed E-state index contributed by atoms with van der Waals surface area (Å²) in [5.41, 5.74) is 0.421. The Morgan fingerprint density at radius 1 is 1.09 bits per heavy atom. The zero-order chi connectivity index (χ0) is 26.0. The third-order valence-corrected chi connectivity index (χ3v) is 6.07. The number of esters is 1. The van der Waals surface area contributed by atoms with E-state index in [1.807, 2.05) is 0 Å². The Kier molecular flexibility index (Phi) is 11.0. The molecule has 0 radical (unpaired) electrons. The van der Waals surface area contributed by atoms with Crippen molar-refractivity contribution in [3.63, 3.8) is 0 Å². The molecule has 3 N–H and O–H groups in total. The van der Waals surface area contributed by atoms with E-state index in [4.69, 9.17) is 14.2 Å². The van der Waals surface area contributed by atoms with E-state index in [-0.39, 0.29) is 35.8 Å². The molecule has 0 heterocycles. The van der Waals surface area contributed by atoms with Crippen LogP contribution >= 0.6 is 30.1 Å². The maximum atomic E-state index is 12.3. The molecule has 0 atom stereocenters. The summed E-state index contributed by atoms with van der Waals surface area (Å²) >= 11 is 2.10. The Labute approximate surface area is 220 Å². The van der Waals surface area contributed by atoms with Crippen LogP contribution in [0.1, 0.15) is 53.5 Å². The van der Waals surface area contributed by atoms with Crippen molar-refractivity contribution in [1.29, 1.82) is 0 Å². The molecule has 1 amide bonds. The fourth-order valence-corrected chi connectivity index (χ4v) is 3.71. The Morgan fingerprint density at radius 2 is 1.83 bits per heavy atom. The third-order valence-electron chi connectivity index (χ3n) is 4.43. The fraction of sp³-hybridized carbons (Fsp3) is 0.375. The van der Waals surface area contributed by atoms with Gasteiger partial charge in [0.05, 0.1) is 12.2 Å². The molecule has 0 spiro atoms. The number of nitrogens with one attached hydrogen (secondary N) is 1. The lowest BCUT2D eigenvalue weighted by Crippen LogP contribution is -2.27. The smallest absolute Gasteiger partial charge is 0.412 e. The van der Waals surface area contributed by atoms with Crippen molar-refractivity contribution < 1.29 is 38.8 Å². The van der Waals surface area contributed by atoms with Crippen LogP contribution in [0.5, 0.6) is 11.5 Å². The van der Waals surface area contributed by atoms with Gasteiger partial charge in [0.2, 0.25) is 0 Å². The van der Waals surface area contributed by atoms with E-state index >= 15 is 0 Å². The Bertz CT molecular complexity index is 1050. The van der Waals surface area contributed by atoms with Crippen LogP contribution in [0.2, 0.25) is 0 Å². The van der Waals surface area contributed by atoms with E-state index in [1.165, 1.54) is 39.3 Å². The number of hydrogen-bond acceptors (Lipinski definition) is 8. The average molecular weight is 617 g/mol. The molecule has 2 aromatic carbocycles. The molecule has 0 aliphatic heterocycles. The molecule has 11 heteroatoms. The summed E-state index contributed by atoms with van der Waals surface area (Å²) in [4.78, 5) is 36.0. The van der Waals surface area contributed by atoms with Crippen LogP contribution in [0.3, 0.4) is 0 Å². The standard InChI is InChI=1S/C24H28INO8S/c1-24(2,3)34-23(31)26-16-9-10-17(21(28)29)15(14-16)6-5-11-32-20-18(7-4-8-19(20)27)22(30)33-12-13-35-25/h4,7-10,14,27H,5-6,11-13H2,1-3H3,(H,26,31)(H,28,29). The van der Waals surface area contributed by atoms with Gasteiger partial charge in [-0.05, 0) is 90.7 Å². The molecule has 0 aromatic heterocycles. The lowest BCUT2D eigenvalue weighted by molar-refractivity contribution is 0.0523. The maximum absolute atomic E-state index is 12.3. The monoisotopic (exact) mass is 617 g/mol. The van der Waals surface area contributed by atoms with Gasteiger partial charge < -0.3 is 24.4 Å². The molecule has 0 saturated carbocycles. The summed E-state index contributed by atoms with van der Waals surface area (Å²) in [6.07, 6.45) is 0.0434. The van der Waals surface area contributed by atoms with Gasteiger partial charge in [0.1, 0.15) is 17.8 Å². The van der Waals surface area contributed by atoms with Gasteiger partial charge in [0.25, 0.3) is 0 Å². The van der Waals surface area contributed by atoms with E-state index in [9.17, 15) is 24.6 Å². The predicted octanol–water partition coefficient (Wildman–Crippen LogP) is 5.69. The van der Waals surface area contributed by atoms with E-state index in [1.54, 1.807) is 26.8 Å². The highest BCUT2D eigenvalue weighted by atomic mass is 127. The minimum atomic E-state index is -1.10. The van der Waals surface area contributed by atoms with Gasteiger partial charge in [0.15, 0.2) is 11.5 Å². The SMILES string of the molecule is CC(C)(C)OC(=O)Nc1ccc(C(=O)O)c(CCCOc2c(O)cccc2C(=O)OCCSI)c1. The molecular formula is C24H28INO8S. The predicted molar refractivity (Wildman–Crippen MR) is 142 cm³/mol. The number of carboxylic acids is 1. The number of ether oxygens (including phenoxy) is 3. The molecule has 0 aliphatic rings. The number of hydrogen-bond donors (Lipinski definition) is 3. The second-order valence-corrected chi connectivity index (χ2v) is 10.9. The van der Waals surface area contributed by atoms with E-state index in [0.29, 0.717) is 29.8 Å². The van der Waals surface area contributed by atoms with Crippen LogP contribution in [-0.4, -0.2) is 52.8 Å². The molecule has 0 saturated heterocycles. The van der Waals surface area contributed by atoms with E-state index < -0.39 is 23.6 Å². The number of phenolic OH excluding ortho intramolecular Hbond substituents is 1. The fourth-order valence-electron chi connectivity index (χ4n) is 3.03. The number of carboxylic acid groups (broad SMARTS) is 1. The Hall–Kier alpha value is -2.67. The number of halogens is 1. The highest BCUT2D eigenvalue weighted by Crippen LogP contribution is 2.31. The van der Waals surface area contributed by atoms with Crippen LogP contribution in [-0.2, 0) is 15.9 Å². The molecule has 2 aromatic rings. The summed E-state index contributed by atoms with van der Waals surface area (Å²) in [6, 6.07) is 8.90. The number of rotatable bonds is 11. The maximum Gasteiger partial charge on any atom is 0.412 e. The molecule has 0 fully saturated rings. The minimum Gasteiger partial charge on any atom is -0.504 e. The summed E-state index contributed by atoms with van der Waals surface area (Å²) in [5.74, 6) is -1.25. The van der Waals surface area contributed by atoms with Gasteiger partial charge >= 0.3 is 18.0 Å². The molecule has 190 valence electrons. The number of amides is 1. The normalized spacial score (nSPS) is 11.0. The quantitative estimate of drug-likeness (QED) is 0.165. The number of carbonyl (C=O) groups excluding carboxylic acids is 2. The van der Waals surface area contributed by atoms with E-state index in [0.717, 1.165) is 0 Å². The summed E-state index contributed by atoms with van der Waals surface area (Å²) < 4.78 is 16.1. The zero-order valence-corrected chi connectivity index (χ0v) is 22.6. The topological polar surface area (TPSA) is 131 Å². The van der Waals surface area contributed by atoms with Crippen molar-refractivity contribution in [3.8, 4) is 11.5 Å². The van der Waals surface area contributed by atoms with Crippen LogP contribution in [0, 0.1) is 0 Å². The number of phenols is 1. The molecule has 0 bridgehead atoms. The third kappa shape index (κ3) is 9.48. The zero-order valence-electron chi connectivity index (χ0n) is 19.6. The van der Waals surface area contributed by atoms with Crippen molar-refractivity contribution in [1.82, 2.24) is 0 Å². The van der Waals surface area contributed by atoms with Crippen LogP contribution in [0.4, 0.5) is 10.5 Å². The van der Waals surface area contributed by atoms with Gasteiger partial charge in [-0.2, -0.15) is 0 Å². The first-order chi connectivity index (χ1) is 16.5. The van der Waals surface area contributed by atoms with Gasteiger partial charge in [0, 0.05) is 11.4 Å². The molecule has 9 nitrogen and oxygen atoms in total. The second-order valence-electron chi connectivity index (χ2n) is 8.36. The van der Waals surface area contributed by atoms with Crippen molar-refractivity contribution in [2.75, 3.05) is 24.3 Å². The highest BCUT2D eigenvalue weighted by Gasteiger charge is 2.19. The highest BCUT2D eigenvalue weighted by molar-refractivity contribution is 14.2. The number of aromatic hydroxyl groups is 1. The van der Waals surface area contributed by atoms with Crippen LogP contribution in [0.15, 0.2) is 36.4 Å². The first-order valence-electron chi connectivity index (χ1n) is 10.7. The largest absolute Gasteiger partial charge is 0.504 e. The van der Waals surface area contributed by atoms with E-state index in [2.05, 4.69) is 26.5 Å². The number of para-hydroxylation sites is 1. The van der Waals surface area contributed by atoms with Gasteiger partial charge in [-0.25, -0.2) is 14.4 Å². The van der Waals surface area contributed by atoms with Gasteiger partial charge in [-0.3, -0.25) is 5.32 Å². The average Bonchev–Trinajstić information content (AvgIpc) is 2.76. The van der Waals surface area contributed by atoms with Crippen molar-refractivity contribution >= 4 is 53.9 Å². The minimum absolute atomic E-state index is 0.0124. The molecule has 0 aliphatic carbocycles. The molecule has 35 heavy (non-hydrogen) atoms. The van der Waals surface area contributed by atoms with Gasteiger partial charge in [-0.1, -0.05) is 15.0 Å². The number of carbonyl (C=O) groups is 3. The first-order valence-corrected chi connectivity index (χ1v) is 14.3. The number of anilines is 1. The van der Waals surface area contributed by atoms with Gasteiger partial charge in [-0.15, -0.1) is 0 Å². The number of aromatic carboxylic acids is 1. The van der Waals surface area contributed by atoms with Crippen molar-refractivity contribution in [2.45, 2.75) is 39.2 Å². The molecule has 0 unspecified atom stereocenters. The summed E-state index contributed by atoms with van der Waals surface area (Å²) in [5, 5.41) is 22.3. The van der Waals surface area contributed by atoms with Crippen LogP contribution < -0.4 is 10.1 Å². The number of benzene rings is 2.